The molecule has 2 aliphatic rings. The summed E-state index contributed by atoms with van der Waals surface area (Å²) in [5.74, 6) is 0.0293. The van der Waals surface area contributed by atoms with Gasteiger partial charge in [-0.3, -0.25) is 9.69 Å². The number of likely N-dealkylation sites (tertiary alicyclic amines) is 1. The quantitative estimate of drug-likeness (QED) is 0.712. The third-order valence-electron chi connectivity index (χ3n) is 6.43. The van der Waals surface area contributed by atoms with E-state index in [1.54, 1.807) is 0 Å². The summed E-state index contributed by atoms with van der Waals surface area (Å²) in [4.78, 5) is 32.2. The molecule has 2 N–H and O–H groups in total. The van der Waals surface area contributed by atoms with Crippen molar-refractivity contribution < 1.29 is 9.59 Å². The van der Waals surface area contributed by atoms with Crippen molar-refractivity contribution in [3.8, 4) is 0 Å². The summed E-state index contributed by atoms with van der Waals surface area (Å²) in [6.45, 7) is 9.96. The van der Waals surface area contributed by atoms with E-state index >= 15 is 0 Å². The minimum absolute atomic E-state index is 0.0570. The number of benzene rings is 1. The second kappa shape index (κ2) is 10.8. The number of urea groups is 1. The average molecular weight is 416 g/mol. The third-order valence-corrected chi connectivity index (χ3v) is 6.43. The van der Waals surface area contributed by atoms with Crippen LogP contribution in [0.5, 0.6) is 0 Å². The fourth-order valence-corrected chi connectivity index (χ4v) is 4.16. The molecule has 2 aliphatic heterocycles. The Morgan fingerprint density at radius 3 is 2.47 bits per heavy atom. The van der Waals surface area contributed by atoms with Gasteiger partial charge < -0.3 is 20.4 Å². The van der Waals surface area contributed by atoms with Crippen LogP contribution in [-0.2, 0) is 11.3 Å². The van der Waals surface area contributed by atoms with E-state index < -0.39 is 6.04 Å². The number of amides is 3. The number of rotatable bonds is 7. The SMILES string of the molecule is CCC(C)[C@H](NC(=O)N1CCN(C)CC1)C(=O)N[C@H]1CCN(Cc2ccccc2)C1. The first-order chi connectivity index (χ1) is 14.5. The fraction of sp³-hybridized carbons (Fsp3) is 0.652. The number of hydrogen-bond donors (Lipinski definition) is 2. The summed E-state index contributed by atoms with van der Waals surface area (Å²) in [5, 5.41) is 6.22. The molecule has 0 radical (unpaired) electrons. The van der Waals surface area contributed by atoms with E-state index in [1.807, 2.05) is 17.9 Å². The van der Waals surface area contributed by atoms with Crippen molar-refractivity contribution in [3.05, 3.63) is 35.9 Å². The maximum atomic E-state index is 13.1. The van der Waals surface area contributed by atoms with Gasteiger partial charge in [0.2, 0.25) is 5.91 Å². The number of nitrogens with one attached hydrogen (secondary N) is 2. The molecule has 1 aromatic carbocycles. The Hall–Kier alpha value is -2.12. The molecule has 2 saturated heterocycles. The number of carbonyl (C=O) groups is 2. The molecule has 7 heteroatoms. The smallest absolute Gasteiger partial charge is 0.318 e. The van der Waals surface area contributed by atoms with Crippen LogP contribution in [0, 0.1) is 5.92 Å². The molecule has 166 valence electrons. The highest BCUT2D eigenvalue weighted by Gasteiger charge is 2.31. The summed E-state index contributed by atoms with van der Waals surface area (Å²) in [6, 6.07) is 9.94. The van der Waals surface area contributed by atoms with Gasteiger partial charge in [0, 0.05) is 51.9 Å². The van der Waals surface area contributed by atoms with Crippen LogP contribution in [0.15, 0.2) is 30.3 Å². The largest absolute Gasteiger partial charge is 0.350 e. The Morgan fingerprint density at radius 2 is 1.80 bits per heavy atom. The van der Waals surface area contributed by atoms with Crippen molar-refractivity contribution in [2.75, 3.05) is 46.3 Å². The fourth-order valence-electron chi connectivity index (χ4n) is 4.16. The topological polar surface area (TPSA) is 67.9 Å². The Bertz CT molecular complexity index is 690. The van der Waals surface area contributed by atoms with Gasteiger partial charge in [-0.25, -0.2) is 4.79 Å². The van der Waals surface area contributed by atoms with Crippen molar-refractivity contribution >= 4 is 11.9 Å². The second-order valence-corrected chi connectivity index (χ2v) is 8.82. The summed E-state index contributed by atoms with van der Waals surface area (Å²) < 4.78 is 0. The lowest BCUT2D eigenvalue weighted by molar-refractivity contribution is -0.124. The molecule has 0 aliphatic carbocycles. The van der Waals surface area contributed by atoms with Crippen LogP contribution in [0.25, 0.3) is 0 Å². The van der Waals surface area contributed by atoms with E-state index in [-0.39, 0.29) is 23.9 Å². The lowest BCUT2D eigenvalue weighted by Gasteiger charge is -2.34. The highest BCUT2D eigenvalue weighted by Crippen LogP contribution is 2.15. The van der Waals surface area contributed by atoms with Crippen LogP contribution in [-0.4, -0.2) is 85.0 Å². The number of carbonyl (C=O) groups excluding carboxylic acids is 2. The normalized spacial score (nSPS) is 22.5. The van der Waals surface area contributed by atoms with Crippen LogP contribution in [0.4, 0.5) is 4.79 Å². The van der Waals surface area contributed by atoms with E-state index in [1.165, 1.54) is 5.56 Å². The molecule has 0 bridgehead atoms. The number of hydrogen-bond acceptors (Lipinski definition) is 4. The van der Waals surface area contributed by atoms with Gasteiger partial charge in [-0.05, 0) is 24.9 Å². The zero-order chi connectivity index (χ0) is 21.5. The third kappa shape index (κ3) is 6.19. The van der Waals surface area contributed by atoms with Crippen molar-refractivity contribution in [3.63, 3.8) is 0 Å². The molecular weight excluding hydrogens is 378 g/mol. The molecule has 1 unspecified atom stereocenters. The van der Waals surface area contributed by atoms with Crippen molar-refractivity contribution in [1.29, 1.82) is 0 Å². The first kappa shape index (κ1) is 22.6. The van der Waals surface area contributed by atoms with Gasteiger partial charge in [0.25, 0.3) is 0 Å². The van der Waals surface area contributed by atoms with Gasteiger partial charge in [-0.1, -0.05) is 50.6 Å². The minimum atomic E-state index is -0.495. The van der Waals surface area contributed by atoms with Crippen LogP contribution in [0.2, 0.25) is 0 Å². The van der Waals surface area contributed by atoms with Crippen molar-refractivity contribution in [1.82, 2.24) is 25.3 Å². The summed E-state index contributed by atoms with van der Waals surface area (Å²) in [7, 11) is 2.06. The maximum Gasteiger partial charge on any atom is 0.318 e. The van der Waals surface area contributed by atoms with Crippen molar-refractivity contribution in [2.45, 2.75) is 45.3 Å². The first-order valence-electron chi connectivity index (χ1n) is 11.3. The Morgan fingerprint density at radius 1 is 1.10 bits per heavy atom. The van der Waals surface area contributed by atoms with Gasteiger partial charge in [-0.2, -0.15) is 0 Å². The molecule has 3 rings (SSSR count). The Kier molecular flexibility index (Phi) is 8.10. The molecule has 1 aromatic rings. The van der Waals surface area contributed by atoms with Crippen LogP contribution in [0.1, 0.15) is 32.3 Å². The zero-order valence-corrected chi connectivity index (χ0v) is 18.6. The monoisotopic (exact) mass is 415 g/mol. The first-order valence-corrected chi connectivity index (χ1v) is 11.3. The van der Waals surface area contributed by atoms with Gasteiger partial charge >= 0.3 is 6.03 Å². The number of likely N-dealkylation sites (N-methyl/N-ethyl adjacent to an activating group) is 1. The van der Waals surface area contributed by atoms with Gasteiger partial charge in [0.1, 0.15) is 6.04 Å². The average Bonchev–Trinajstić information content (AvgIpc) is 3.19. The zero-order valence-electron chi connectivity index (χ0n) is 18.6. The molecule has 2 heterocycles. The van der Waals surface area contributed by atoms with E-state index in [9.17, 15) is 9.59 Å². The van der Waals surface area contributed by atoms with E-state index in [2.05, 4.69) is 58.7 Å². The summed E-state index contributed by atoms with van der Waals surface area (Å²) in [5.41, 5.74) is 1.29. The van der Waals surface area contributed by atoms with E-state index in [0.717, 1.165) is 45.6 Å². The van der Waals surface area contributed by atoms with Gasteiger partial charge in [0.15, 0.2) is 0 Å². The molecular formula is C23H37N5O2. The predicted molar refractivity (Wildman–Crippen MR) is 119 cm³/mol. The Labute approximate surface area is 180 Å². The molecule has 0 aromatic heterocycles. The molecule has 30 heavy (non-hydrogen) atoms. The lowest BCUT2D eigenvalue weighted by atomic mass is 9.98. The maximum absolute atomic E-state index is 13.1. The predicted octanol–water partition coefficient (Wildman–Crippen LogP) is 1.75. The highest BCUT2D eigenvalue weighted by atomic mass is 16.2. The van der Waals surface area contributed by atoms with Gasteiger partial charge in [0.05, 0.1) is 0 Å². The molecule has 3 atom stereocenters. The second-order valence-electron chi connectivity index (χ2n) is 8.82. The highest BCUT2D eigenvalue weighted by molar-refractivity contribution is 5.87. The van der Waals surface area contributed by atoms with Crippen molar-refractivity contribution in [2.24, 2.45) is 5.92 Å². The molecule has 0 spiro atoms. The van der Waals surface area contributed by atoms with Crippen LogP contribution in [0.3, 0.4) is 0 Å². The number of piperazine rings is 1. The standard InChI is InChI=1S/C23H37N5O2/c1-4-18(2)21(25-23(30)28-14-12-26(3)13-15-28)22(29)24-20-10-11-27(17-20)16-19-8-6-5-7-9-19/h5-9,18,20-21H,4,10-17H2,1-3H3,(H,24,29)(H,25,30)/t18?,20-,21-/m0/s1. The van der Waals surface area contributed by atoms with Gasteiger partial charge in [-0.15, -0.1) is 0 Å². The molecule has 7 nitrogen and oxygen atoms in total. The Balaban J connectivity index is 1.52. The van der Waals surface area contributed by atoms with E-state index in [0.29, 0.717) is 13.1 Å². The minimum Gasteiger partial charge on any atom is -0.350 e. The molecule has 2 fully saturated rings. The number of nitrogens with zero attached hydrogens (tertiary/aromatic N) is 3. The molecule has 3 amide bonds. The molecule has 0 saturated carbocycles. The van der Waals surface area contributed by atoms with Crippen LogP contribution < -0.4 is 10.6 Å². The lowest BCUT2D eigenvalue weighted by Crippen LogP contribution is -2.58. The summed E-state index contributed by atoms with van der Waals surface area (Å²) >= 11 is 0. The van der Waals surface area contributed by atoms with Crippen LogP contribution >= 0.6 is 0 Å². The summed E-state index contributed by atoms with van der Waals surface area (Å²) in [6.07, 6.45) is 1.78. The van der Waals surface area contributed by atoms with E-state index in [4.69, 9.17) is 0 Å².